The molecule has 104 valence electrons. The summed E-state index contributed by atoms with van der Waals surface area (Å²) < 4.78 is 1.96. The number of rotatable bonds is 2. The van der Waals surface area contributed by atoms with Crippen LogP contribution in [0.3, 0.4) is 0 Å². The Balaban J connectivity index is 1.64. The molecule has 6 nitrogen and oxygen atoms in total. The van der Waals surface area contributed by atoms with Gasteiger partial charge in [0, 0.05) is 38.4 Å². The van der Waals surface area contributed by atoms with E-state index in [4.69, 9.17) is 0 Å². The zero-order chi connectivity index (χ0) is 13.9. The van der Waals surface area contributed by atoms with Crippen LogP contribution in [0.5, 0.6) is 0 Å². The van der Waals surface area contributed by atoms with E-state index in [1.54, 1.807) is 24.8 Å². The molecule has 0 aromatic carbocycles. The summed E-state index contributed by atoms with van der Waals surface area (Å²) in [7, 11) is 1.96. The Hall–Kier alpha value is -2.24. The van der Waals surface area contributed by atoms with Gasteiger partial charge in [0.1, 0.15) is 12.2 Å². The first-order valence-corrected chi connectivity index (χ1v) is 6.79. The first-order chi connectivity index (χ1) is 9.75. The minimum atomic E-state index is 0.0644. The van der Waals surface area contributed by atoms with Crippen LogP contribution in [-0.4, -0.2) is 43.6 Å². The summed E-state index contributed by atoms with van der Waals surface area (Å²) in [4.78, 5) is 18.2. The average molecular weight is 271 g/mol. The van der Waals surface area contributed by atoms with Crippen molar-refractivity contribution in [2.45, 2.75) is 18.8 Å². The predicted octanol–water partition coefficient (Wildman–Crippen LogP) is 1.23. The summed E-state index contributed by atoms with van der Waals surface area (Å²) in [5.41, 5.74) is 0.657. The van der Waals surface area contributed by atoms with Gasteiger partial charge in [0.05, 0.1) is 5.56 Å². The minimum absolute atomic E-state index is 0.0644. The number of aromatic nitrogens is 4. The van der Waals surface area contributed by atoms with E-state index in [1.807, 2.05) is 22.6 Å². The molecule has 0 saturated carbocycles. The van der Waals surface area contributed by atoms with Gasteiger partial charge in [0.15, 0.2) is 0 Å². The molecule has 1 fully saturated rings. The summed E-state index contributed by atoms with van der Waals surface area (Å²) in [5.74, 6) is 1.47. The van der Waals surface area contributed by atoms with Crippen molar-refractivity contribution in [3.63, 3.8) is 0 Å². The maximum absolute atomic E-state index is 12.3. The fourth-order valence-electron chi connectivity index (χ4n) is 2.67. The highest BCUT2D eigenvalue weighted by Gasteiger charge is 2.26. The molecule has 3 rings (SSSR count). The Bertz CT molecular complexity index is 587. The third-order valence-corrected chi connectivity index (χ3v) is 3.80. The van der Waals surface area contributed by atoms with Crippen molar-refractivity contribution in [1.82, 2.24) is 24.6 Å². The highest BCUT2D eigenvalue weighted by Crippen LogP contribution is 2.26. The van der Waals surface area contributed by atoms with E-state index in [2.05, 4.69) is 15.2 Å². The normalized spacial score (nSPS) is 16.4. The second-order valence-electron chi connectivity index (χ2n) is 5.11. The summed E-state index contributed by atoms with van der Waals surface area (Å²) >= 11 is 0. The van der Waals surface area contributed by atoms with Crippen molar-refractivity contribution in [2.75, 3.05) is 13.1 Å². The van der Waals surface area contributed by atoms with Gasteiger partial charge in [0.25, 0.3) is 5.91 Å². The number of piperidine rings is 1. The lowest BCUT2D eigenvalue weighted by molar-refractivity contribution is 0.0710. The monoisotopic (exact) mass is 271 g/mol. The smallest absolute Gasteiger partial charge is 0.255 e. The molecule has 20 heavy (non-hydrogen) atoms. The van der Waals surface area contributed by atoms with E-state index < -0.39 is 0 Å². The SMILES string of the molecule is Cn1cnnc1C1CCN(C(=O)c2cccnc2)CC1. The summed E-state index contributed by atoms with van der Waals surface area (Å²) in [6.45, 7) is 1.51. The van der Waals surface area contributed by atoms with Gasteiger partial charge >= 0.3 is 0 Å². The molecule has 2 aromatic heterocycles. The molecule has 0 N–H and O–H groups in total. The summed E-state index contributed by atoms with van der Waals surface area (Å²) in [6.07, 6.45) is 6.88. The molecule has 1 saturated heterocycles. The first-order valence-electron chi connectivity index (χ1n) is 6.79. The Kier molecular flexibility index (Phi) is 3.45. The van der Waals surface area contributed by atoms with Crippen molar-refractivity contribution in [1.29, 1.82) is 0 Å². The number of hydrogen-bond acceptors (Lipinski definition) is 4. The predicted molar refractivity (Wildman–Crippen MR) is 73.1 cm³/mol. The lowest BCUT2D eigenvalue weighted by Gasteiger charge is -2.31. The van der Waals surface area contributed by atoms with Gasteiger partial charge in [-0.1, -0.05) is 0 Å². The summed E-state index contributed by atoms with van der Waals surface area (Å²) in [5, 5.41) is 8.09. The van der Waals surface area contributed by atoms with Crippen LogP contribution in [0, 0.1) is 0 Å². The highest BCUT2D eigenvalue weighted by molar-refractivity contribution is 5.93. The van der Waals surface area contributed by atoms with Gasteiger partial charge in [-0.2, -0.15) is 0 Å². The molecular formula is C14H17N5O. The van der Waals surface area contributed by atoms with Crippen molar-refractivity contribution >= 4 is 5.91 Å². The van der Waals surface area contributed by atoms with Crippen molar-refractivity contribution in [3.8, 4) is 0 Å². The van der Waals surface area contributed by atoms with Crippen LogP contribution >= 0.6 is 0 Å². The molecule has 1 aliphatic heterocycles. The van der Waals surface area contributed by atoms with Crippen molar-refractivity contribution < 1.29 is 4.79 Å². The largest absolute Gasteiger partial charge is 0.339 e. The molecule has 2 aromatic rings. The van der Waals surface area contributed by atoms with Crippen LogP contribution < -0.4 is 0 Å². The number of hydrogen-bond donors (Lipinski definition) is 0. The molecule has 0 aliphatic carbocycles. The van der Waals surface area contributed by atoms with Crippen LogP contribution in [0.1, 0.15) is 34.9 Å². The number of nitrogens with zero attached hydrogens (tertiary/aromatic N) is 5. The van der Waals surface area contributed by atoms with Crippen LogP contribution in [0.4, 0.5) is 0 Å². The Morgan fingerprint density at radius 3 is 2.75 bits per heavy atom. The molecule has 1 aliphatic rings. The van der Waals surface area contributed by atoms with Gasteiger partial charge in [-0.25, -0.2) is 0 Å². The second kappa shape index (κ2) is 5.40. The molecule has 0 bridgehead atoms. The number of pyridine rings is 1. The molecule has 3 heterocycles. The topological polar surface area (TPSA) is 63.9 Å². The molecule has 0 spiro atoms. The van der Waals surface area contributed by atoms with E-state index in [-0.39, 0.29) is 5.91 Å². The van der Waals surface area contributed by atoms with E-state index in [9.17, 15) is 4.79 Å². The number of likely N-dealkylation sites (tertiary alicyclic amines) is 1. The maximum atomic E-state index is 12.3. The van der Waals surface area contributed by atoms with Crippen molar-refractivity contribution in [2.24, 2.45) is 7.05 Å². The summed E-state index contributed by atoms with van der Waals surface area (Å²) in [6, 6.07) is 3.60. The molecule has 0 unspecified atom stereocenters. The Labute approximate surface area is 117 Å². The van der Waals surface area contributed by atoms with Crippen molar-refractivity contribution in [3.05, 3.63) is 42.2 Å². The van der Waals surface area contributed by atoms with Gasteiger partial charge in [-0.05, 0) is 25.0 Å². The maximum Gasteiger partial charge on any atom is 0.255 e. The van der Waals surface area contributed by atoms with Gasteiger partial charge in [-0.15, -0.1) is 10.2 Å². The number of carbonyl (C=O) groups is 1. The highest BCUT2D eigenvalue weighted by atomic mass is 16.2. The molecule has 1 amide bonds. The van der Waals surface area contributed by atoms with E-state index in [0.29, 0.717) is 11.5 Å². The Morgan fingerprint density at radius 2 is 2.15 bits per heavy atom. The van der Waals surface area contributed by atoms with E-state index in [1.165, 1.54) is 0 Å². The lowest BCUT2D eigenvalue weighted by atomic mass is 9.95. The number of carbonyl (C=O) groups excluding carboxylic acids is 1. The fraction of sp³-hybridized carbons (Fsp3) is 0.429. The fourth-order valence-corrected chi connectivity index (χ4v) is 2.67. The quantitative estimate of drug-likeness (QED) is 0.824. The van der Waals surface area contributed by atoms with Crippen LogP contribution in [0.15, 0.2) is 30.9 Å². The molecular weight excluding hydrogens is 254 g/mol. The average Bonchev–Trinajstić information content (AvgIpc) is 2.94. The van der Waals surface area contributed by atoms with Gasteiger partial charge < -0.3 is 9.47 Å². The molecule has 0 radical (unpaired) electrons. The van der Waals surface area contributed by atoms with Crippen LogP contribution in [0.2, 0.25) is 0 Å². The van der Waals surface area contributed by atoms with Gasteiger partial charge in [0.2, 0.25) is 0 Å². The Morgan fingerprint density at radius 1 is 1.35 bits per heavy atom. The minimum Gasteiger partial charge on any atom is -0.339 e. The van der Waals surface area contributed by atoms with Crippen LogP contribution in [0.25, 0.3) is 0 Å². The zero-order valence-corrected chi connectivity index (χ0v) is 11.4. The van der Waals surface area contributed by atoms with E-state index >= 15 is 0 Å². The third kappa shape index (κ3) is 2.41. The molecule has 6 heteroatoms. The number of amides is 1. The lowest BCUT2D eigenvalue weighted by Crippen LogP contribution is -2.38. The van der Waals surface area contributed by atoms with Crippen LogP contribution in [-0.2, 0) is 7.05 Å². The third-order valence-electron chi connectivity index (χ3n) is 3.80. The van der Waals surface area contributed by atoms with Gasteiger partial charge in [-0.3, -0.25) is 9.78 Å². The second-order valence-corrected chi connectivity index (χ2v) is 5.11. The standard InChI is InChI=1S/C14H17N5O/c1-18-10-16-17-13(18)11-4-7-19(8-5-11)14(20)12-3-2-6-15-9-12/h2-3,6,9-11H,4-5,7-8H2,1H3. The number of aryl methyl sites for hydroxylation is 1. The van der Waals surface area contributed by atoms with E-state index in [0.717, 1.165) is 31.8 Å². The molecule has 0 atom stereocenters. The first kappa shape index (κ1) is 12.8. The zero-order valence-electron chi connectivity index (χ0n) is 11.4.